The number of alkyl halides is 3. The van der Waals surface area contributed by atoms with Crippen LogP contribution in [0.1, 0.15) is 18.9 Å². The molecule has 1 fully saturated rings. The minimum atomic E-state index is -4.53. The third-order valence-corrected chi connectivity index (χ3v) is 4.90. The zero-order valence-electron chi connectivity index (χ0n) is 16.4. The van der Waals surface area contributed by atoms with Crippen molar-refractivity contribution in [1.29, 1.82) is 0 Å². The van der Waals surface area contributed by atoms with Crippen LogP contribution in [0.4, 0.5) is 18.9 Å². The Kier molecular flexibility index (Phi) is 7.42. The summed E-state index contributed by atoms with van der Waals surface area (Å²) in [6.07, 6.45) is -3.76. The van der Waals surface area contributed by atoms with E-state index < -0.39 is 23.7 Å². The number of nitrogens with one attached hydrogen (secondary N) is 1. The lowest BCUT2D eigenvalue weighted by Gasteiger charge is -2.27. The summed E-state index contributed by atoms with van der Waals surface area (Å²) in [6.45, 7) is 4.57. The average Bonchev–Trinajstić information content (AvgIpc) is 2.86. The molecular formula is C19H27F3N4O2. The van der Waals surface area contributed by atoms with Crippen LogP contribution in [0.3, 0.4) is 0 Å². The Hall–Kier alpha value is -2.13. The smallest absolute Gasteiger partial charge is 0.348 e. The van der Waals surface area contributed by atoms with Gasteiger partial charge in [0.15, 0.2) is 0 Å². The van der Waals surface area contributed by atoms with Gasteiger partial charge >= 0.3 is 6.18 Å². The maximum Gasteiger partial charge on any atom is 0.418 e. The molecule has 2 amide bonds. The fourth-order valence-corrected chi connectivity index (χ4v) is 3.11. The van der Waals surface area contributed by atoms with E-state index in [0.717, 1.165) is 19.0 Å². The van der Waals surface area contributed by atoms with Gasteiger partial charge in [-0.2, -0.15) is 13.2 Å². The number of hydrogen-bond acceptors (Lipinski definition) is 4. The number of anilines is 1. The van der Waals surface area contributed by atoms with Crippen molar-refractivity contribution in [2.75, 3.05) is 52.1 Å². The topological polar surface area (TPSA) is 55.9 Å². The van der Waals surface area contributed by atoms with Crippen molar-refractivity contribution in [3.63, 3.8) is 0 Å². The van der Waals surface area contributed by atoms with Gasteiger partial charge in [-0.1, -0.05) is 12.1 Å². The number of nitrogens with zero attached hydrogens (tertiary/aromatic N) is 3. The van der Waals surface area contributed by atoms with Crippen LogP contribution in [0.15, 0.2) is 24.3 Å². The van der Waals surface area contributed by atoms with Crippen LogP contribution in [0.2, 0.25) is 0 Å². The van der Waals surface area contributed by atoms with E-state index in [1.54, 1.807) is 21.0 Å². The number of halogens is 3. The third-order valence-electron chi connectivity index (χ3n) is 4.90. The minimum absolute atomic E-state index is 0.0167. The molecular weight excluding hydrogens is 373 g/mol. The summed E-state index contributed by atoms with van der Waals surface area (Å²) < 4.78 is 39.3. The number of carbonyl (C=O) groups excluding carboxylic acids is 2. The molecule has 0 spiro atoms. The third kappa shape index (κ3) is 5.93. The second kappa shape index (κ2) is 9.38. The molecule has 0 aromatic heterocycles. The van der Waals surface area contributed by atoms with Gasteiger partial charge in [0, 0.05) is 33.7 Å². The Morgan fingerprint density at radius 2 is 1.82 bits per heavy atom. The summed E-state index contributed by atoms with van der Waals surface area (Å²) in [5, 5.41) is 2.42. The van der Waals surface area contributed by atoms with Gasteiger partial charge < -0.3 is 10.2 Å². The summed E-state index contributed by atoms with van der Waals surface area (Å²) in [5.41, 5.74) is -1.10. The first-order valence-corrected chi connectivity index (χ1v) is 9.23. The van der Waals surface area contributed by atoms with Crippen LogP contribution >= 0.6 is 0 Å². The van der Waals surface area contributed by atoms with E-state index in [2.05, 4.69) is 5.32 Å². The molecule has 9 heteroatoms. The Morgan fingerprint density at radius 1 is 1.14 bits per heavy atom. The first kappa shape index (κ1) is 22.2. The van der Waals surface area contributed by atoms with Gasteiger partial charge in [0.2, 0.25) is 11.8 Å². The Morgan fingerprint density at radius 3 is 2.46 bits per heavy atom. The number of rotatable bonds is 5. The quantitative estimate of drug-likeness (QED) is 0.823. The van der Waals surface area contributed by atoms with Crippen LogP contribution in [-0.4, -0.2) is 79.4 Å². The summed E-state index contributed by atoms with van der Waals surface area (Å²) in [5.74, 6) is -0.461. The lowest BCUT2D eigenvalue weighted by Crippen LogP contribution is -2.44. The SMILES string of the molecule is CC(C(=O)Nc1ccccc1C(F)(F)F)N1CCCN(CC(=O)N(C)C)CC1. The second-order valence-electron chi connectivity index (χ2n) is 7.16. The van der Waals surface area contributed by atoms with Gasteiger partial charge in [0.1, 0.15) is 0 Å². The van der Waals surface area contributed by atoms with Gasteiger partial charge in [0.05, 0.1) is 23.8 Å². The second-order valence-corrected chi connectivity index (χ2v) is 7.16. The number of para-hydroxylation sites is 1. The molecule has 0 radical (unpaired) electrons. The van der Waals surface area contributed by atoms with Gasteiger partial charge in [-0.3, -0.25) is 19.4 Å². The van der Waals surface area contributed by atoms with Crippen molar-refractivity contribution < 1.29 is 22.8 Å². The molecule has 1 unspecified atom stereocenters. The maximum atomic E-state index is 13.1. The van der Waals surface area contributed by atoms with Gasteiger partial charge in [0.25, 0.3) is 0 Å². The van der Waals surface area contributed by atoms with Gasteiger partial charge in [-0.05, 0) is 32.0 Å². The molecule has 1 atom stereocenters. The highest BCUT2D eigenvalue weighted by Gasteiger charge is 2.34. The highest BCUT2D eigenvalue weighted by atomic mass is 19.4. The fraction of sp³-hybridized carbons (Fsp3) is 0.579. The molecule has 1 N–H and O–H groups in total. The number of carbonyl (C=O) groups is 2. The highest BCUT2D eigenvalue weighted by Crippen LogP contribution is 2.34. The van der Waals surface area contributed by atoms with Crippen LogP contribution in [0, 0.1) is 0 Å². The number of hydrogen-bond donors (Lipinski definition) is 1. The van der Waals surface area contributed by atoms with Crippen LogP contribution in [0.5, 0.6) is 0 Å². The first-order valence-electron chi connectivity index (χ1n) is 9.23. The molecule has 1 aromatic carbocycles. The Bertz CT molecular complexity index is 694. The molecule has 0 bridgehead atoms. The zero-order valence-corrected chi connectivity index (χ0v) is 16.4. The van der Waals surface area contributed by atoms with Crippen LogP contribution in [0.25, 0.3) is 0 Å². The molecule has 0 saturated carbocycles. The van der Waals surface area contributed by atoms with Crippen molar-refractivity contribution in [2.24, 2.45) is 0 Å². The van der Waals surface area contributed by atoms with E-state index in [-0.39, 0.29) is 11.6 Å². The lowest BCUT2D eigenvalue weighted by atomic mass is 10.1. The normalized spacial score (nSPS) is 17.6. The van der Waals surface area contributed by atoms with Crippen molar-refractivity contribution in [3.05, 3.63) is 29.8 Å². The number of amides is 2. The predicted octanol–water partition coefficient (Wildman–Crippen LogP) is 2.13. The zero-order chi connectivity index (χ0) is 20.9. The largest absolute Gasteiger partial charge is 0.418 e. The van der Waals surface area contributed by atoms with Gasteiger partial charge in [-0.15, -0.1) is 0 Å². The first-order chi connectivity index (χ1) is 13.1. The molecule has 1 saturated heterocycles. The van der Waals surface area contributed by atoms with Crippen molar-refractivity contribution in [2.45, 2.75) is 25.6 Å². The maximum absolute atomic E-state index is 13.1. The van der Waals surface area contributed by atoms with Crippen LogP contribution < -0.4 is 5.32 Å². The summed E-state index contributed by atoms with van der Waals surface area (Å²) in [7, 11) is 3.41. The number of benzene rings is 1. The van der Waals surface area contributed by atoms with E-state index >= 15 is 0 Å². The van der Waals surface area contributed by atoms with E-state index in [1.165, 1.54) is 23.1 Å². The lowest BCUT2D eigenvalue weighted by molar-refractivity contribution is -0.137. The molecule has 0 aliphatic carbocycles. The molecule has 156 valence electrons. The Balaban J connectivity index is 1.98. The van der Waals surface area contributed by atoms with Crippen molar-refractivity contribution in [1.82, 2.24) is 14.7 Å². The van der Waals surface area contributed by atoms with E-state index in [0.29, 0.717) is 26.2 Å². The molecule has 1 aliphatic heterocycles. The monoisotopic (exact) mass is 400 g/mol. The summed E-state index contributed by atoms with van der Waals surface area (Å²) >= 11 is 0. The van der Waals surface area contributed by atoms with Crippen molar-refractivity contribution in [3.8, 4) is 0 Å². The standard InChI is InChI=1S/C19H27F3N4O2/c1-14(18(28)23-16-8-5-4-7-15(16)19(20,21)22)26-10-6-9-25(11-12-26)13-17(27)24(2)3/h4-5,7-8,14H,6,9-13H2,1-3H3,(H,23,28). The average molecular weight is 400 g/mol. The van der Waals surface area contributed by atoms with E-state index in [1.807, 2.05) is 9.80 Å². The molecule has 28 heavy (non-hydrogen) atoms. The van der Waals surface area contributed by atoms with Gasteiger partial charge in [-0.25, -0.2) is 0 Å². The molecule has 6 nitrogen and oxygen atoms in total. The van der Waals surface area contributed by atoms with Crippen molar-refractivity contribution >= 4 is 17.5 Å². The summed E-state index contributed by atoms with van der Waals surface area (Å²) in [4.78, 5) is 29.9. The fourth-order valence-electron chi connectivity index (χ4n) is 3.11. The minimum Gasteiger partial charge on any atom is -0.348 e. The Labute approximate surface area is 163 Å². The summed E-state index contributed by atoms with van der Waals surface area (Å²) in [6, 6.07) is 4.38. The number of likely N-dealkylation sites (N-methyl/N-ethyl adjacent to an activating group) is 1. The molecule has 1 aliphatic rings. The predicted molar refractivity (Wildman–Crippen MR) is 101 cm³/mol. The van der Waals surface area contributed by atoms with E-state index in [9.17, 15) is 22.8 Å². The van der Waals surface area contributed by atoms with Crippen LogP contribution in [-0.2, 0) is 15.8 Å². The molecule has 1 aromatic rings. The highest BCUT2D eigenvalue weighted by molar-refractivity contribution is 5.95. The molecule has 2 rings (SSSR count). The van der Waals surface area contributed by atoms with E-state index in [4.69, 9.17) is 0 Å². The molecule has 1 heterocycles.